The summed E-state index contributed by atoms with van der Waals surface area (Å²) in [6, 6.07) is 14.3. The maximum atomic E-state index is 12.4. The molecule has 0 bridgehead atoms. The van der Waals surface area contributed by atoms with E-state index < -0.39 is 16.1 Å². The number of anilines is 3. The van der Waals surface area contributed by atoms with E-state index in [9.17, 15) is 13.2 Å². The molecule has 0 saturated heterocycles. The van der Waals surface area contributed by atoms with Crippen molar-refractivity contribution in [3.8, 4) is 0 Å². The Morgan fingerprint density at radius 3 is 2.07 bits per heavy atom. The molecule has 2 amide bonds. The van der Waals surface area contributed by atoms with Crippen molar-refractivity contribution >= 4 is 33.3 Å². The monoisotopic (exact) mass is 386 g/mol. The van der Waals surface area contributed by atoms with Crippen LogP contribution in [0.25, 0.3) is 0 Å². The third-order valence-electron chi connectivity index (χ3n) is 3.84. The Bertz CT molecular complexity index is 1040. The highest BCUT2D eigenvalue weighted by Crippen LogP contribution is 2.22. The minimum absolute atomic E-state index is 0.0324. The van der Waals surface area contributed by atoms with Gasteiger partial charge in [0.2, 0.25) is 5.88 Å². The van der Waals surface area contributed by atoms with Crippen LogP contribution >= 0.6 is 0 Å². The summed E-state index contributed by atoms with van der Waals surface area (Å²) in [6.07, 6.45) is 0. The maximum absolute atomic E-state index is 12.4. The summed E-state index contributed by atoms with van der Waals surface area (Å²) in [5, 5.41) is 9.03. The van der Waals surface area contributed by atoms with E-state index in [0.29, 0.717) is 22.6 Å². The van der Waals surface area contributed by atoms with Crippen molar-refractivity contribution in [3.63, 3.8) is 0 Å². The van der Waals surface area contributed by atoms with Crippen LogP contribution in [0, 0.1) is 13.8 Å². The summed E-state index contributed by atoms with van der Waals surface area (Å²) >= 11 is 0. The molecular weight excluding hydrogens is 368 g/mol. The molecule has 0 saturated carbocycles. The van der Waals surface area contributed by atoms with E-state index in [0.717, 1.165) is 0 Å². The molecule has 0 spiro atoms. The molecule has 1 heterocycles. The molecule has 3 aromatic rings. The van der Waals surface area contributed by atoms with Crippen LogP contribution in [0.1, 0.15) is 11.3 Å². The number of rotatable bonds is 5. The number of hydrogen-bond donors (Lipinski definition) is 3. The van der Waals surface area contributed by atoms with Crippen LogP contribution < -0.4 is 15.4 Å². The lowest BCUT2D eigenvalue weighted by molar-refractivity contribution is 0.262. The minimum Gasteiger partial charge on any atom is -0.337 e. The van der Waals surface area contributed by atoms with Crippen molar-refractivity contribution in [3.05, 3.63) is 65.9 Å². The second-order valence-corrected chi connectivity index (χ2v) is 7.48. The smallest absolute Gasteiger partial charge is 0.323 e. The molecule has 2 aromatic carbocycles. The number of urea groups is 1. The fraction of sp³-hybridized carbons (Fsp3) is 0.111. The molecule has 3 N–H and O–H groups in total. The number of benzene rings is 2. The molecule has 0 aliphatic heterocycles. The van der Waals surface area contributed by atoms with Crippen LogP contribution in [-0.4, -0.2) is 19.6 Å². The SMILES string of the molecule is Cc1noc(NS(=O)(=O)c2ccc(NC(=O)Nc3ccccc3)cc2)c1C. The van der Waals surface area contributed by atoms with Crippen LogP contribution in [0.3, 0.4) is 0 Å². The molecule has 0 radical (unpaired) electrons. The summed E-state index contributed by atoms with van der Waals surface area (Å²) in [7, 11) is -3.83. The van der Waals surface area contributed by atoms with Gasteiger partial charge < -0.3 is 15.2 Å². The third-order valence-corrected chi connectivity index (χ3v) is 5.19. The van der Waals surface area contributed by atoms with E-state index in [4.69, 9.17) is 4.52 Å². The summed E-state index contributed by atoms with van der Waals surface area (Å²) in [5.74, 6) is 0.0805. The maximum Gasteiger partial charge on any atom is 0.323 e. The van der Waals surface area contributed by atoms with Crippen molar-refractivity contribution < 1.29 is 17.7 Å². The highest BCUT2D eigenvalue weighted by molar-refractivity contribution is 7.92. The lowest BCUT2D eigenvalue weighted by Crippen LogP contribution is -2.19. The van der Waals surface area contributed by atoms with Crippen molar-refractivity contribution in [2.45, 2.75) is 18.7 Å². The lowest BCUT2D eigenvalue weighted by atomic mass is 10.3. The molecule has 0 aliphatic rings. The van der Waals surface area contributed by atoms with Crippen LogP contribution in [0.2, 0.25) is 0 Å². The molecule has 140 valence electrons. The van der Waals surface area contributed by atoms with Gasteiger partial charge in [-0.3, -0.25) is 0 Å². The minimum atomic E-state index is -3.83. The highest BCUT2D eigenvalue weighted by Gasteiger charge is 2.19. The van der Waals surface area contributed by atoms with Gasteiger partial charge in [-0.25, -0.2) is 17.9 Å². The van der Waals surface area contributed by atoms with Crippen molar-refractivity contribution in [1.29, 1.82) is 0 Å². The number of amides is 2. The summed E-state index contributed by atoms with van der Waals surface area (Å²) in [4.78, 5) is 12.0. The summed E-state index contributed by atoms with van der Waals surface area (Å²) in [5.41, 5.74) is 2.33. The topological polar surface area (TPSA) is 113 Å². The largest absolute Gasteiger partial charge is 0.337 e. The number of nitrogens with zero attached hydrogens (tertiary/aromatic N) is 1. The second-order valence-electron chi connectivity index (χ2n) is 5.80. The zero-order chi connectivity index (χ0) is 19.4. The van der Waals surface area contributed by atoms with Gasteiger partial charge in [0.15, 0.2) is 0 Å². The highest BCUT2D eigenvalue weighted by atomic mass is 32.2. The molecule has 0 fully saturated rings. The first-order chi connectivity index (χ1) is 12.8. The van der Waals surface area contributed by atoms with Crippen molar-refractivity contribution in [2.75, 3.05) is 15.4 Å². The quantitative estimate of drug-likeness (QED) is 0.618. The van der Waals surface area contributed by atoms with Gasteiger partial charge in [0, 0.05) is 16.9 Å². The molecule has 9 heteroatoms. The first-order valence-corrected chi connectivity index (χ1v) is 9.52. The van der Waals surface area contributed by atoms with Crippen LogP contribution in [0.5, 0.6) is 0 Å². The van der Waals surface area contributed by atoms with Gasteiger partial charge in [0.1, 0.15) is 0 Å². The first kappa shape index (κ1) is 18.5. The van der Waals surface area contributed by atoms with Crippen molar-refractivity contribution in [2.24, 2.45) is 0 Å². The first-order valence-electron chi connectivity index (χ1n) is 8.04. The van der Waals surface area contributed by atoms with Crippen molar-refractivity contribution in [1.82, 2.24) is 5.16 Å². The van der Waals surface area contributed by atoms with E-state index in [1.165, 1.54) is 24.3 Å². The number of para-hydroxylation sites is 1. The molecule has 3 rings (SSSR count). The molecule has 0 unspecified atom stereocenters. The fourth-order valence-electron chi connectivity index (χ4n) is 2.22. The molecule has 0 atom stereocenters. The predicted octanol–water partition coefficient (Wildman–Crippen LogP) is 3.74. The Kier molecular flexibility index (Phi) is 5.13. The number of nitrogens with one attached hydrogen (secondary N) is 3. The Hall–Kier alpha value is -3.33. The van der Waals surface area contributed by atoms with E-state index in [1.807, 2.05) is 6.07 Å². The van der Waals surface area contributed by atoms with Gasteiger partial charge in [-0.05, 0) is 50.2 Å². The molecule has 27 heavy (non-hydrogen) atoms. The zero-order valence-electron chi connectivity index (χ0n) is 14.7. The number of aromatic nitrogens is 1. The van der Waals surface area contributed by atoms with Gasteiger partial charge in [-0.2, -0.15) is 0 Å². The van der Waals surface area contributed by atoms with Gasteiger partial charge in [0.05, 0.1) is 10.6 Å². The standard InChI is InChI=1S/C18H18N4O4S/c1-12-13(2)21-26-17(12)22-27(24,25)16-10-8-15(9-11-16)20-18(23)19-14-6-4-3-5-7-14/h3-11,22H,1-2H3,(H2,19,20,23). The fourth-order valence-corrected chi connectivity index (χ4v) is 3.27. The van der Waals surface area contributed by atoms with Crippen LogP contribution in [-0.2, 0) is 10.0 Å². The number of carbonyl (C=O) groups excluding carboxylic acids is 1. The molecular formula is C18H18N4O4S. The molecule has 1 aromatic heterocycles. The van der Waals surface area contributed by atoms with Gasteiger partial charge in [-0.1, -0.05) is 23.4 Å². The number of carbonyl (C=O) groups is 1. The second kappa shape index (κ2) is 7.50. The van der Waals surface area contributed by atoms with Gasteiger partial charge in [0.25, 0.3) is 10.0 Å². The normalized spacial score (nSPS) is 11.0. The van der Waals surface area contributed by atoms with E-state index in [-0.39, 0.29) is 10.8 Å². The van der Waals surface area contributed by atoms with Gasteiger partial charge >= 0.3 is 6.03 Å². The van der Waals surface area contributed by atoms with E-state index in [2.05, 4.69) is 20.5 Å². The Balaban J connectivity index is 1.67. The molecule has 8 nitrogen and oxygen atoms in total. The predicted molar refractivity (Wildman–Crippen MR) is 102 cm³/mol. The Morgan fingerprint density at radius 1 is 0.926 bits per heavy atom. The van der Waals surface area contributed by atoms with E-state index >= 15 is 0 Å². The Morgan fingerprint density at radius 2 is 1.52 bits per heavy atom. The summed E-state index contributed by atoms with van der Waals surface area (Å²) in [6.45, 7) is 3.43. The molecule has 0 aliphatic carbocycles. The zero-order valence-corrected chi connectivity index (χ0v) is 15.5. The average molecular weight is 386 g/mol. The summed E-state index contributed by atoms with van der Waals surface area (Å²) < 4.78 is 32.2. The number of aryl methyl sites for hydroxylation is 1. The van der Waals surface area contributed by atoms with E-state index in [1.54, 1.807) is 38.1 Å². The Labute approximate surface area is 156 Å². The van der Waals surface area contributed by atoms with Crippen LogP contribution in [0.4, 0.5) is 22.1 Å². The van der Waals surface area contributed by atoms with Gasteiger partial charge in [-0.15, -0.1) is 0 Å². The number of hydrogen-bond acceptors (Lipinski definition) is 5. The van der Waals surface area contributed by atoms with Crippen LogP contribution in [0.15, 0.2) is 64.0 Å². The average Bonchev–Trinajstić information content (AvgIpc) is 2.94. The third kappa shape index (κ3) is 4.45. The lowest BCUT2D eigenvalue weighted by Gasteiger charge is -2.09. The number of sulfonamides is 1.